The second-order valence-corrected chi connectivity index (χ2v) is 9.61. The van der Waals surface area contributed by atoms with E-state index >= 15 is 0 Å². The fraction of sp³-hybridized carbons (Fsp3) is 0.533. The number of benzene rings is 2. The van der Waals surface area contributed by atoms with E-state index in [1.54, 1.807) is 0 Å². The van der Waals surface area contributed by atoms with Crippen molar-refractivity contribution in [1.29, 1.82) is 0 Å². The average molecular weight is 448 g/mol. The van der Waals surface area contributed by atoms with Crippen LogP contribution >= 0.6 is 0 Å². The van der Waals surface area contributed by atoms with Crippen LogP contribution in [-0.4, -0.2) is 17.1 Å². The Bertz CT molecular complexity index is 936. The molecule has 178 valence electrons. The van der Waals surface area contributed by atoms with Crippen molar-refractivity contribution in [2.24, 2.45) is 11.8 Å². The summed E-state index contributed by atoms with van der Waals surface area (Å²) in [6, 6.07) is 17.0. The van der Waals surface area contributed by atoms with Crippen molar-refractivity contribution in [2.45, 2.75) is 90.5 Å². The molecule has 3 heteroatoms. The zero-order valence-corrected chi connectivity index (χ0v) is 20.4. The second-order valence-electron chi connectivity index (χ2n) is 9.61. The first-order valence-corrected chi connectivity index (χ1v) is 13.1. The third-order valence-corrected chi connectivity index (χ3v) is 7.12. The van der Waals surface area contributed by atoms with Crippen LogP contribution in [0.25, 0.3) is 21.8 Å². The van der Waals surface area contributed by atoms with E-state index in [1.807, 2.05) is 0 Å². The molecule has 0 aliphatic carbocycles. The van der Waals surface area contributed by atoms with E-state index in [1.165, 1.54) is 66.8 Å². The molecule has 0 aliphatic rings. The maximum absolute atomic E-state index is 11.8. The van der Waals surface area contributed by atoms with Gasteiger partial charge in [-0.3, -0.25) is 0 Å². The van der Waals surface area contributed by atoms with Crippen LogP contribution < -0.4 is 0 Å². The van der Waals surface area contributed by atoms with Crippen LogP contribution in [-0.2, 0) is 16.1 Å². The molecule has 0 saturated heterocycles. The minimum atomic E-state index is 0.00550. The molecule has 0 radical (unpaired) electrons. The molecule has 33 heavy (non-hydrogen) atoms. The minimum Gasteiger partial charge on any atom is -0.340 e. The summed E-state index contributed by atoms with van der Waals surface area (Å²) in [5.41, 5.74) is 2.45. The zero-order chi connectivity index (χ0) is 23.3. The van der Waals surface area contributed by atoms with E-state index in [2.05, 4.69) is 60.0 Å². The van der Waals surface area contributed by atoms with Crippen LogP contribution in [0.4, 0.5) is 0 Å². The van der Waals surface area contributed by atoms with Crippen LogP contribution in [0.1, 0.15) is 84.0 Å². The van der Waals surface area contributed by atoms with Gasteiger partial charge in [-0.1, -0.05) is 94.7 Å². The zero-order valence-electron chi connectivity index (χ0n) is 20.4. The summed E-state index contributed by atoms with van der Waals surface area (Å²) >= 11 is 0. The molecule has 0 spiro atoms. The van der Waals surface area contributed by atoms with Gasteiger partial charge in [0, 0.05) is 40.2 Å². The molecule has 0 amide bonds. The maximum atomic E-state index is 11.8. The lowest BCUT2D eigenvalue weighted by Crippen LogP contribution is -2.11. The molecular formula is C30H41NO2. The fourth-order valence-corrected chi connectivity index (χ4v) is 5.07. The third-order valence-electron chi connectivity index (χ3n) is 7.12. The first-order valence-electron chi connectivity index (χ1n) is 13.1. The molecule has 1 aromatic heterocycles. The van der Waals surface area contributed by atoms with E-state index in [0.717, 1.165) is 51.2 Å². The molecule has 3 rings (SSSR count). The van der Waals surface area contributed by atoms with Gasteiger partial charge in [-0.25, -0.2) is 0 Å². The van der Waals surface area contributed by atoms with Gasteiger partial charge >= 0.3 is 0 Å². The highest BCUT2D eigenvalue weighted by molar-refractivity contribution is 6.07. The highest BCUT2D eigenvalue weighted by Gasteiger charge is 2.15. The Kier molecular flexibility index (Phi) is 10.7. The number of aryl methyl sites for hydroxylation is 1. The summed E-state index contributed by atoms with van der Waals surface area (Å²) < 4.78 is 2.35. The Hall–Kier alpha value is -2.42. The number of para-hydroxylation sites is 2. The van der Waals surface area contributed by atoms with Gasteiger partial charge in [-0.05, 0) is 37.8 Å². The van der Waals surface area contributed by atoms with Crippen molar-refractivity contribution < 1.29 is 9.59 Å². The molecule has 2 aromatic carbocycles. The maximum Gasteiger partial charge on any atom is 0.123 e. The molecule has 3 aromatic rings. The highest BCUT2D eigenvalue weighted by atomic mass is 16.1. The summed E-state index contributed by atoms with van der Waals surface area (Å²) in [7, 11) is 0. The molecule has 0 saturated carbocycles. The predicted octanol–water partition coefficient (Wildman–Crippen LogP) is 8.13. The molecule has 3 nitrogen and oxygen atoms in total. The van der Waals surface area contributed by atoms with Gasteiger partial charge in [0.1, 0.15) is 12.6 Å². The number of fused-ring (bicyclic) bond motifs is 3. The van der Waals surface area contributed by atoms with Crippen LogP contribution in [0.5, 0.6) is 0 Å². The number of aldehydes is 2. The summed E-state index contributed by atoms with van der Waals surface area (Å²) in [4.78, 5) is 23.4. The quantitative estimate of drug-likeness (QED) is 0.155. The van der Waals surface area contributed by atoms with Crippen LogP contribution in [0, 0.1) is 11.8 Å². The molecule has 0 N–H and O–H groups in total. The number of aromatic nitrogens is 1. The van der Waals surface area contributed by atoms with Crippen molar-refractivity contribution in [2.75, 3.05) is 0 Å². The fourth-order valence-electron chi connectivity index (χ4n) is 5.07. The van der Waals surface area contributed by atoms with Crippen LogP contribution in [0.3, 0.4) is 0 Å². The van der Waals surface area contributed by atoms with Gasteiger partial charge in [0.25, 0.3) is 0 Å². The summed E-state index contributed by atoms with van der Waals surface area (Å²) in [6.07, 6.45) is 15.9. The highest BCUT2D eigenvalue weighted by Crippen LogP contribution is 2.29. The van der Waals surface area contributed by atoms with Crippen LogP contribution in [0.15, 0.2) is 48.5 Å². The Labute approximate surface area is 199 Å². The van der Waals surface area contributed by atoms with E-state index in [-0.39, 0.29) is 11.8 Å². The number of unbranched alkanes of at least 4 members (excludes halogenated alkanes) is 7. The predicted molar refractivity (Wildman–Crippen MR) is 140 cm³/mol. The van der Waals surface area contributed by atoms with Crippen molar-refractivity contribution in [3.8, 4) is 0 Å². The molecule has 0 bridgehead atoms. The number of rotatable bonds is 17. The first-order chi connectivity index (χ1) is 16.3. The van der Waals surface area contributed by atoms with E-state index in [0.29, 0.717) is 0 Å². The Morgan fingerprint density at radius 3 is 1.67 bits per heavy atom. The number of nitrogens with zero attached hydrogens (tertiary/aromatic N) is 1. The van der Waals surface area contributed by atoms with Crippen molar-refractivity contribution in [3.05, 3.63) is 48.5 Å². The van der Waals surface area contributed by atoms with E-state index < -0.39 is 0 Å². The molecule has 2 unspecified atom stereocenters. The Morgan fingerprint density at radius 1 is 0.636 bits per heavy atom. The van der Waals surface area contributed by atoms with Crippen molar-refractivity contribution >= 4 is 34.4 Å². The van der Waals surface area contributed by atoms with Gasteiger partial charge in [-0.15, -0.1) is 0 Å². The van der Waals surface area contributed by atoms with E-state index in [9.17, 15) is 9.59 Å². The van der Waals surface area contributed by atoms with Gasteiger partial charge in [0.05, 0.1) is 0 Å². The Morgan fingerprint density at radius 2 is 1.12 bits per heavy atom. The first kappa shape index (κ1) is 25.2. The topological polar surface area (TPSA) is 39.1 Å². The molecule has 1 heterocycles. The SMILES string of the molecule is CCCCCCCCCCC(C=O)CCC(C=O)CCn1c2ccccc2c2ccccc21. The second kappa shape index (κ2) is 14.0. The number of hydrogen-bond acceptors (Lipinski definition) is 2. The van der Waals surface area contributed by atoms with Crippen molar-refractivity contribution in [1.82, 2.24) is 4.57 Å². The molecule has 2 atom stereocenters. The normalized spacial score (nSPS) is 13.4. The lowest BCUT2D eigenvalue weighted by Gasteiger charge is -2.15. The lowest BCUT2D eigenvalue weighted by molar-refractivity contribution is -0.113. The van der Waals surface area contributed by atoms with Crippen LogP contribution in [0.2, 0.25) is 0 Å². The molecule has 0 fully saturated rings. The van der Waals surface area contributed by atoms with Gasteiger partial charge in [-0.2, -0.15) is 0 Å². The number of carbonyl (C=O) groups is 2. The summed E-state index contributed by atoms with van der Waals surface area (Å²) in [6.45, 7) is 3.07. The largest absolute Gasteiger partial charge is 0.340 e. The number of hydrogen-bond donors (Lipinski definition) is 0. The monoisotopic (exact) mass is 447 g/mol. The average Bonchev–Trinajstić information content (AvgIpc) is 3.18. The molecule has 0 aliphatic heterocycles. The Balaban J connectivity index is 1.46. The standard InChI is InChI=1S/C30H41NO2/c1-2-3-4-5-6-7-8-9-14-25(23-32)19-20-26(24-33)21-22-31-29-17-12-10-15-27(29)28-16-11-13-18-30(28)31/h10-13,15-18,23-26H,2-9,14,19-22H2,1H3. The smallest absolute Gasteiger partial charge is 0.123 e. The summed E-state index contributed by atoms with van der Waals surface area (Å²) in [5, 5.41) is 2.53. The van der Waals surface area contributed by atoms with Gasteiger partial charge in [0.15, 0.2) is 0 Å². The molecular weight excluding hydrogens is 406 g/mol. The van der Waals surface area contributed by atoms with Gasteiger partial charge in [0.2, 0.25) is 0 Å². The van der Waals surface area contributed by atoms with Crippen molar-refractivity contribution in [3.63, 3.8) is 0 Å². The van der Waals surface area contributed by atoms with Gasteiger partial charge < -0.3 is 14.2 Å². The third kappa shape index (κ3) is 7.28. The minimum absolute atomic E-state index is 0.00550. The summed E-state index contributed by atoms with van der Waals surface area (Å²) in [5.74, 6) is 0.103. The number of carbonyl (C=O) groups excluding carboxylic acids is 2. The van der Waals surface area contributed by atoms with E-state index in [4.69, 9.17) is 0 Å². The lowest BCUT2D eigenvalue weighted by atomic mass is 9.91.